The van der Waals surface area contributed by atoms with Gasteiger partial charge in [0.2, 0.25) is 0 Å². The first-order valence-electron chi connectivity index (χ1n) is 9.37. The fraction of sp³-hybridized carbons (Fsp3) is 0.476. The van der Waals surface area contributed by atoms with Crippen LogP contribution in [0.1, 0.15) is 53.7 Å². The molecule has 5 nitrogen and oxygen atoms in total. The van der Waals surface area contributed by atoms with Gasteiger partial charge in [0, 0.05) is 30.1 Å². The van der Waals surface area contributed by atoms with E-state index in [1.807, 2.05) is 43.0 Å². The zero-order valence-corrected chi connectivity index (χ0v) is 15.2. The van der Waals surface area contributed by atoms with Gasteiger partial charge in [-0.25, -0.2) is 0 Å². The highest BCUT2D eigenvalue weighted by Gasteiger charge is 2.34. The summed E-state index contributed by atoms with van der Waals surface area (Å²) in [6.45, 7) is 4.92. The first-order chi connectivity index (χ1) is 12.4. The molecule has 1 amide bonds. The summed E-state index contributed by atoms with van der Waals surface area (Å²) in [5.74, 6) is -0.685. The summed E-state index contributed by atoms with van der Waals surface area (Å²) < 4.78 is 0. The van der Waals surface area contributed by atoms with Crippen LogP contribution in [0.15, 0.2) is 24.3 Å². The van der Waals surface area contributed by atoms with Crippen molar-refractivity contribution in [2.45, 2.75) is 39.0 Å². The minimum Gasteiger partial charge on any atom is -0.481 e. The van der Waals surface area contributed by atoms with E-state index in [2.05, 4.69) is 0 Å². The fourth-order valence-corrected chi connectivity index (χ4v) is 3.99. The van der Waals surface area contributed by atoms with Crippen molar-refractivity contribution in [2.75, 3.05) is 13.1 Å². The fourth-order valence-electron chi connectivity index (χ4n) is 3.99. The molecule has 4 rings (SSSR count). The standard InChI is InChI=1S/C21H24N2O3/c1-12-3-6-18-16(9-12)17(10-19(22-18)14-4-5-14)20(24)23-8-7-15(21(25)26)13(2)11-23/h3,6,9-10,13-15H,4-5,7-8,11H2,1-2H3,(H,25,26). The number of nitrogens with zero attached hydrogens (tertiary/aromatic N) is 2. The number of pyridine rings is 1. The van der Waals surface area contributed by atoms with Gasteiger partial charge in [-0.1, -0.05) is 18.6 Å². The second-order valence-corrected chi connectivity index (χ2v) is 7.85. The number of amides is 1. The Hall–Kier alpha value is -2.43. The monoisotopic (exact) mass is 352 g/mol. The maximum Gasteiger partial charge on any atom is 0.306 e. The molecule has 2 aromatic rings. The van der Waals surface area contributed by atoms with Gasteiger partial charge >= 0.3 is 5.97 Å². The number of aryl methyl sites for hydroxylation is 1. The Labute approximate surface area is 153 Å². The van der Waals surface area contributed by atoms with E-state index < -0.39 is 5.97 Å². The highest BCUT2D eigenvalue weighted by molar-refractivity contribution is 6.06. The Kier molecular flexibility index (Phi) is 4.17. The maximum absolute atomic E-state index is 13.3. The lowest BCUT2D eigenvalue weighted by molar-refractivity contribution is -0.145. The van der Waals surface area contributed by atoms with Crippen LogP contribution in [0.3, 0.4) is 0 Å². The van der Waals surface area contributed by atoms with Gasteiger partial charge in [-0.3, -0.25) is 14.6 Å². The van der Waals surface area contributed by atoms with Gasteiger partial charge in [-0.2, -0.15) is 0 Å². The van der Waals surface area contributed by atoms with E-state index in [1.165, 1.54) is 0 Å². The molecule has 2 aliphatic rings. The summed E-state index contributed by atoms with van der Waals surface area (Å²) in [5.41, 5.74) is 3.70. The number of piperidine rings is 1. The molecule has 0 radical (unpaired) electrons. The van der Waals surface area contributed by atoms with Gasteiger partial charge in [0.1, 0.15) is 0 Å². The largest absolute Gasteiger partial charge is 0.481 e. The molecule has 1 saturated carbocycles. The van der Waals surface area contributed by atoms with Crippen molar-refractivity contribution in [1.82, 2.24) is 9.88 Å². The second kappa shape index (κ2) is 6.38. The summed E-state index contributed by atoms with van der Waals surface area (Å²) in [5, 5.41) is 10.2. The molecule has 26 heavy (non-hydrogen) atoms. The number of carbonyl (C=O) groups excluding carboxylic acids is 1. The predicted octanol–water partition coefficient (Wildman–Crippen LogP) is 3.60. The molecular formula is C21H24N2O3. The van der Waals surface area contributed by atoms with Crippen molar-refractivity contribution in [3.8, 4) is 0 Å². The third-order valence-electron chi connectivity index (χ3n) is 5.72. The molecule has 2 fully saturated rings. The van der Waals surface area contributed by atoms with Crippen molar-refractivity contribution in [1.29, 1.82) is 0 Å². The summed E-state index contributed by atoms with van der Waals surface area (Å²) in [6, 6.07) is 8.02. The van der Waals surface area contributed by atoms with Crippen LogP contribution in [0.4, 0.5) is 0 Å². The smallest absolute Gasteiger partial charge is 0.306 e. The Balaban J connectivity index is 1.70. The molecule has 0 spiro atoms. The summed E-state index contributed by atoms with van der Waals surface area (Å²) in [6.07, 6.45) is 2.79. The number of aromatic nitrogens is 1. The number of hydrogen-bond donors (Lipinski definition) is 1. The molecule has 2 atom stereocenters. The van der Waals surface area contributed by atoms with E-state index in [0.717, 1.165) is 35.0 Å². The van der Waals surface area contributed by atoms with Crippen LogP contribution in [0.25, 0.3) is 10.9 Å². The maximum atomic E-state index is 13.3. The number of fused-ring (bicyclic) bond motifs is 1. The average Bonchev–Trinajstić information content (AvgIpc) is 3.45. The number of likely N-dealkylation sites (tertiary alicyclic amines) is 1. The molecular weight excluding hydrogens is 328 g/mol. The third kappa shape index (κ3) is 3.06. The van der Waals surface area contributed by atoms with E-state index in [4.69, 9.17) is 4.98 Å². The van der Waals surface area contributed by atoms with Gasteiger partial charge < -0.3 is 10.0 Å². The Bertz CT molecular complexity index is 888. The highest BCUT2D eigenvalue weighted by Crippen LogP contribution is 2.40. The van der Waals surface area contributed by atoms with Crippen molar-refractivity contribution < 1.29 is 14.7 Å². The van der Waals surface area contributed by atoms with Crippen LogP contribution < -0.4 is 0 Å². The van der Waals surface area contributed by atoms with E-state index in [-0.39, 0.29) is 17.7 Å². The quantitative estimate of drug-likeness (QED) is 0.916. The Morgan fingerprint density at radius 3 is 2.62 bits per heavy atom. The molecule has 1 aromatic heterocycles. The molecule has 1 aliphatic heterocycles. The number of carbonyl (C=O) groups is 2. The van der Waals surface area contributed by atoms with Gasteiger partial charge in [0.15, 0.2) is 0 Å². The van der Waals surface area contributed by atoms with E-state index in [1.54, 1.807) is 0 Å². The molecule has 136 valence electrons. The number of carboxylic acid groups (broad SMARTS) is 1. The number of aliphatic carboxylic acids is 1. The SMILES string of the molecule is Cc1ccc2nc(C3CC3)cc(C(=O)N3CCC(C(=O)O)C(C)C3)c2c1. The zero-order valence-electron chi connectivity index (χ0n) is 15.2. The first kappa shape index (κ1) is 17.0. The second-order valence-electron chi connectivity index (χ2n) is 7.85. The molecule has 1 aromatic carbocycles. The molecule has 2 heterocycles. The summed E-state index contributed by atoms with van der Waals surface area (Å²) in [4.78, 5) is 31.2. The lowest BCUT2D eigenvalue weighted by atomic mass is 9.86. The third-order valence-corrected chi connectivity index (χ3v) is 5.72. The van der Waals surface area contributed by atoms with Crippen molar-refractivity contribution >= 4 is 22.8 Å². The van der Waals surface area contributed by atoms with Crippen LogP contribution in [-0.2, 0) is 4.79 Å². The van der Waals surface area contributed by atoms with Crippen LogP contribution in [-0.4, -0.2) is 40.0 Å². The number of carboxylic acids is 1. The lowest BCUT2D eigenvalue weighted by Gasteiger charge is -2.35. The minimum atomic E-state index is -0.759. The predicted molar refractivity (Wildman–Crippen MR) is 99.3 cm³/mol. The van der Waals surface area contributed by atoms with Crippen LogP contribution >= 0.6 is 0 Å². The van der Waals surface area contributed by atoms with E-state index >= 15 is 0 Å². The number of benzene rings is 1. The van der Waals surface area contributed by atoms with Crippen LogP contribution in [0, 0.1) is 18.8 Å². The Morgan fingerprint density at radius 1 is 1.19 bits per heavy atom. The van der Waals surface area contributed by atoms with Crippen LogP contribution in [0.2, 0.25) is 0 Å². The number of rotatable bonds is 3. The molecule has 2 unspecified atom stereocenters. The molecule has 1 saturated heterocycles. The minimum absolute atomic E-state index is 0.000545. The zero-order chi connectivity index (χ0) is 18.4. The normalized spacial score (nSPS) is 23.2. The molecule has 1 aliphatic carbocycles. The Morgan fingerprint density at radius 2 is 1.96 bits per heavy atom. The average molecular weight is 352 g/mol. The number of hydrogen-bond acceptors (Lipinski definition) is 3. The lowest BCUT2D eigenvalue weighted by Crippen LogP contribution is -2.45. The first-order valence-corrected chi connectivity index (χ1v) is 9.37. The van der Waals surface area contributed by atoms with Gasteiger partial charge in [0.05, 0.1) is 17.0 Å². The van der Waals surface area contributed by atoms with E-state index in [9.17, 15) is 14.7 Å². The topological polar surface area (TPSA) is 70.5 Å². The molecule has 1 N–H and O–H groups in total. The summed E-state index contributed by atoms with van der Waals surface area (Å²) >= 11 is 0. The molecule has 0 bridgehead atoms. The van der Waals surface area contributed by atoms with Crippen LogP contribution in [0.5, 0.6) is 0 Å². The van der Waals surface area contributed by atoms with Crippen molar-refractivity contribution in [3.05, 3.63) is 41.1 Å². The van der Waals surface area contributed by atoms with E-state index in [0.29, 0.717) is 31.0 Å². The van der Waals surface area contributed by atoms with Gasteiger partial charge in [0.25, 0.3) is 5.91 Å². The van der Waals surface area contributed by atoms with Gasteiger partial charge in [-0.05, 0) is 50.3 Å². The highest BCUT2D eigenvalue weighted by atomic mass is 16.4. The van der Waals surface area contributed by atoms with Crippen molar-refractivity contribution in [2.24, 2.45) is 11.8 Å². The van der Waals surface area contributed by atoms with Crippen molar-refractivity contribution in [3.63, 3.8) is 0 Å². The molecule has 5 heteroatoms. The van der Waals surface area contributed by atoms with Gasteiger partial charge in [-0.15, -0.1) is 0 Å². The summed E-state index contributed by atoms with van der Waals surface area (Å²) in [7, 11) is 0.